The molecule has 0 unspecified atom stereocenters. The molecule has 1 aliphatic rings. The third-order valence-corrected chi connectivity index (χ3v) is 6.13. The molecule has 0 N–H and O–H groups in total. The van der Waals surface area contributed by atoms with Crippen LogP contribution in [-0.4, -0.2) is 41.8 Å². The molecule has 0 aliphatic carbocycles. The molecule has 0 amide bonds. The van der Waals surface area contributed by atoms with Crippen LogP contribution in [0.25, 0.3) is 16.8 Å². The van der Waals surface area contributed by atoms with Crippen LogP contribution in [0, 0.1) is 19.8 Å². The summed E-state index contributed by atoms with van der Waals surface area (Å²) in [6, 6.07) is 8.01. The average molecular weight is 406 g/mol. The van der Waals surface area contributed by atoms with Gasteiger partial charge in [0, 0.05) is 50.2 Å². The average Bonchev–Trinajstić information content (AvgIpc) is 3.24. The lowest BCUT2D eigenvalue weighted by molar-refractivity contribution is 0.353. The largest absolute Gasteiger partial charge is 0.356 e. The molecule has 0 bridgehead atoms. The van der Waals surface area contributed by atoms with Crippen molar-refractivity contribution in [1.82, 2.24) is 28.7 Å². The first-order chi connectivity index (χ1) is 14.5. The summed E-state index contributed by atoms with van der Waals surface area (Å²) in [5.74, 6) is 1.56. The zero-order chi connectivity index (χ0) is 20.8. The van der Waals surface area contributed by atoms with E-state index in [2.05, 4.69) is 26.0 Å². The van der Waals surface area contributed by atoms with Crippen LogP contribution in [0.2, 0.25) is 0 Å². The molecular weight excluding hydrogens is 378 g/mol. The molecule has 30 heavy (non-hydrogen) atoms. The van der Waals surface area contributed by atoms with Gasteiger partial charge >= 0.3 is 5.69 Å². The van der Waals surface area contributed by atoms with E-state index in [1.807, 2.05) is 52.6 Å². The number of imidazole rings is 1. The molecule has 0 radical (unpaired) electrons. The van der Waals surface area contributed by atoms with Crippen molar-refractivity contribution >= 4 is 22.6 Å². The van der Waals surface area contributed by atoms with E-state index < -0.39 is 0 Å². The van der Waals surface area contributed by atoms with E-state index in [-0.39, 0.29) is 5.69 Å². The second-order valence-electron chi connectivity index (χ2n) is 8.23. The van der Waals surface area contributed by atoms with Crippen LogP contribution >= 0.6 is 0 Å². The van der Waals surface area contributed by atoms with Gasteiger partial charge in [0.2, 0.25) is 0 Å². The first-order valence-electron chi connectivity index (χ1n) is 10.7. The van der Waals surface area contributed by atoms with E-state index in [4.69, 9.17) is 0 Å². The number of hydrogen-bond donors (Lipinski definition) is 0. The van der Waals surface area contributed by atoms with Gasteiger partial charge in [-0.15, -0.1) is 0 Å². The van der Waals surface area contributed by atoms with Gasteiger partial charge in [0.05, 0.1) is 11.2 Å². The van der Waals surface area contributed by atoms with Gasteiger partial charge in [0.25, 0.3) is 0 Å². The Morgan fingerprint density at radius 1 is 1.10 bits per heavy atom. The van der Waals surface area contributed by atoms with E-state index in [9.17, 15) is 4.79 Å². The van der Waals surface area contributed by atoms with Gasteiger partial charge in [0.1, 0.15) is 5.82 Å². The molecule has 0 saturated carbocycles. The van der Waals surface area contributed by atoms with Crippen LogP contribution in [-0.2, 0) is 13.1 Å². The Bertz CT molecular complexity index is 1270. The Kier molecular flexibility index (Phi) is 4.56. The summed E-state index contributed by atoms with van der Waals surface area (Å²) < 4.78 is 5.63. The number of hydrogen-bond acceptors (Lipinski definition) is 5. The molecular formula is C22H27N7O. The maximum absolute atomic E-state index is 12.9. The van der Waals surface area contributed by atoms with Crippen molar-refractivity contribution in [2.75, 3.05) is 18.0 Å². The number of anilines is 1. The molecule has 0 spiro atoms. The van der Waals surface area contributed by atoms with E-state index in [1.54, 1.807) is 6.20 Å². The fourth-order valence-electron chi connectivity index (χ4n) is 4.64. The third-order valence-electron chi connectivity index (χ3n) is 6.13. The molecule has 5 rings (SSSR count). The predicted octanol–water partition coefficient (Wildman–Crippen LogP) is 2.79. The molecule has 1 fully saturated rings. The molecule has 0 aromatic carbocycles. The standard InChI is InChI=1S/C22H27N7O/c1-4-27-18-6-5-9-23-21(18)28(22(27)30)14-17-7-10-26(11-8-17)20-13-15(2)24-19-12-16(3)25-29(19)20/h5-6,9,12-13,17H,4,7-8,10-11,14H2,1-3H3. The highest BCUT2D eigenvalue weighted by Gasteiger charge is 2.24. The molecule has 8 heteroatoms. The van der Waals surface area contributed by atoms with Crippen molar-refractivity contribution in [2.24, 2.45) is 5.92 Å². The quantitative estimate of drug-likeness (QED) is 0.522. The summed E-state index contributed by atoms with van der Waals surface area (Å²) in [4.78, 5) is 24.4. The van der Waals surface area contributed by atoms with Crippen molar-refractivity contribution in [3.8, 4) is 0 Å². The summed E-state index contributed by atoms with van der Waals surface area (Å²) >= 11 is 0. The first-order valence-corrected chi connectivity index (χ1v) is 10.7. The highest BCUT2D eigenvalue weighted by atomic mass is 16.1. The predicted molar refractivity (Wildman–Crippen MR) is 117 cm³/mol. The fourth-order valence-corrected chi connectivity index (χ4v) is 4.64. The van der Waals surface area contributed by atoms with Crippen molar-refractivity contribution in [1.29, 1.82) is 0 Å². The molecule has 1 saturated heterocycles. The van der Waals surface area contributed by atoms with E-state index in [1.165, 1.54) is 0 Å². The fraction of sp³-hybridized carbons (Fsp3) is 0.455. The minimum absolute atomic E-state index is 0.0483. The van der Waals surface area contributed by atoms with Crippen molar-refractivity contribution in [3.63, 3.8) is 0 Å². The van der Waals surface area contributed by atoms with Gasteiger partial charge in [-0.05, 0) is 51.7 Å². The lowest BCUT2D eigenvalue weighted by Gasteiger charge is -2.33. The van der Waals surface area contributed by atoms with Gasteiger partial charge in [-0.1, -0.05) is 0 Å². The van der Waals surface area contributed by atoms with Crippen LogP contribution < -0.4 is 10.6 Å². The Morgan fingerprint density at radius 2 is 1.90 bits per heavy atom. The number of aryl methyl sites for hydroxylation is 3. The summed E-state index contributed by atoms with van der Waals surface area (Å²) in [5, 5.41) is 4.63. The van der Waals surface area contributed by atoms with Crippen LogP contribution in [0.3, 0.4) is 0 Å². The van der Waals surface area contributed by atoms with Crippen LogP contribution in [0.15, 0.2) is 35.3 Å². The van der Waals surface area contributed by atoms with Gasteiger partial charge in [-0.2, -0.15) is 9.61 Å². The second kappa shape index (κ2) is 7.27. The number of pyridine rings is 1. The second-order valence-corrected chi connectivity index (χ2v) is 8.23. The minimum atomic E-state index is 0.0483. The zero-order valence-electron chi connectivity index (χ0n) is 17.7. The van der Waals surface area contributed by atoms with Gasteiger partial charge in [-0.25, -0.2) is 14.8 Å². The van der Waals surface area contributed by atoms with E-state index in [0.29, 0.717) is 12.5 Å². The maximum Gasteiger partial charge on any atom is 0.330 e. The number of fused-ring (bicyclic) bond motifs is 2. The highest BCUT2D eigenvalue weighted by molar-refractivity contribution is 5.71. The Hall–Kier alpha value is -3.16. The number of rotatable bonds is 4. The Balaban J connectivity index is 1.37. The Labute approximate surface area is 174 Å². The molecule has 4 aromatic heterocycles. The molecule has 1 aliphatic heterocycles. The minimum Gasteiger partial charge on any atom is -0.356 e. The number of aromatic nitrogens is 6. The topological polar surface area (TPSA) is 73.2 Å². The van der Waals surface area contributed by atoms with E-state index in [0.717, 1.165) is 66.5 Å². The first kappa shape index (κ1) is 18.8. The molecule has 0 atom stereocenters. The third kappa shape index (κ3) is 3.07. The summed E-state index contributed by atoms with van der Waals surface area (Å²) in [6.45, 7) is 9.30. The van der Waals surface area contributed by atoms with Crippen LogP contribution in [0.5, 0.6) is 0 Å². The summed E-state index contributed by atoms with van der Waals surface area (Å²) in [6.07, 6.45) is 3.83. The van der Waals surface area contributed by atoms with Gasteiger partial charge in [-0.3, -0.25) is 9.13 Å². The van der Waals surface area contributed by atoms with Crippen molar-refractivity contribution in [2.45, 2.75) is 46.7 Å². The summed E-state index contributed by atoms with van der Waals surface area (Å²) in [5.41, 5.74) is 4.64. The maximum atomic E-state index is 12.9. The molecule has 4 aromatic rings. The lowest BCUT2D eigenvalue weighted by Crippen LogP contribution is -2.37. The van der Waals surface area contributed by atoms with Gasteiger partial charge in [0.15, 0.2) is 11.3 Å². The Morgan fingerprint density at radius 3 is 2.67 bits per heavy atom. The number of piperidine rings is 1. The zero-order valence-corrected chi connectivity index (χ0v) is 17.7. The highest BCUT2D eigenvalue weighted by Crippen LogP contribution is 2.26. The molecule has 8 nitrogen and oxygen atoms in total. The van der Waals surface area contributed by atoms with Gasteiger partial charge < -0.3 is 4.90 Å². The molecule has 156 valence electrons. The molecule has 5 heterocycles. The lowest BCUT2D eigenvalue weighted by atomic mass is 9.96. The van der Waals surface area contributed by atoms with Crippen LogP contribution in [0.1, 0.15) is 31.2 Å². The smallest absolute Gasteiger partial charge is 0.330 e. The number of nitrogens with zero attached hydrogens (tertiary/aromatic N) is 7. The van der Waals surface area contributed by atoms with Crippen molar-refractivity contribution < 1.29 is 0 Å². The van der Waals surface area contributed by atoms with E-state index >= 15 is 0 Å². The monoisotopic (exact) mass is 405 g/mol. The van der Waals surface area contributed by atoms with Crippen LogP contribution in [0.4, 0.5) is 5.82 Å². The van der Waals surface area contributed by atoms with Crippen molar-refractivity contribution in [3.05, 3.63) is 52.3 Å². The summed E-state index contributed by atoms with van der Waals surface area (Å²) in [7, 11) is 0. The normalized spacial score (nSPS) is 15.5. The SMILES string of the molecule is CCn1c(=O)n(CC2CCN(c3cc(C)nc4cc(C)nn34)CC2)c2ncccc21.